The highest BCUT2D eigenvalue weighted by atomic mass is 35.5. The summed E-state index contributed by atoms with van der Waals surface area (Å²) in [4.78, 5) is 18.9. The van der Waals surface area contributed by atoms with Crippen LogP contribution in [-0.4, -0.2) is 34.9 Å². The number of aromatic nitrogens is 1. The van der Waals surface area contributed by atoms with Crippen LogP contribution in [0.3, 0.4) is 0 Å². The van der Waals surface area contributed by atoms with Crippen LogP contribution in [0.15, 0.2) is 48.7 Å². The summed E-state index contributed by atoms with van der Waals surface area (Å²) in [6.07, 6.45) is 3.82. The fourth-order valence-electron chi connectivity index (χ4n) is 3.85. The lowest BCUT2D eigenvalue weighted by Gasteiger charge is -2.18. The third kappa shape index (κ3) is 3.62. The Balaban J connectivity index is 0.00000182. The maximum Gasteiger partial charge on any atom is 0.272 e. The summed E-state index contributed by atoms with van der Waals surface area (Å²) in [5.41, 5.74) is 6.59. The number of pyridine rings is 1. The molecule has 1 aliphatic heterocycles. The van der Waals surface area contributed by atoms with Gasteiger partial charge in [0.25, 0.3) is 5.91 Å². The van der Waals surface area contributed by atoms with Gasteiger partial charge in [0.2, 0.25) is 0 Å². The molecule has 0 spiro atoms. The molecule has 0 bridgehead atoms. The molecule has 4 rings (SSSR count). The van der Waals surface area contributed by atoms with Crippen molar-refractivity contribution >= 4 is 18.3 Å². The molecule has 2 heterocycles. The Kier molecular flexibility index (Phi) is 5.25. The number of amides is 1. The van der Waals surface area contributed by atoms with Gasteiger partial charge >= 0.3 is 0 Å². The molecule has 25 heavy (non-hydrogen) atoms. The van der Waals surface area contributed by atoms with E-state index in [1.165, 1.54) is 0 Å². The fourth-order valence-corrected chi connectivity index (χ4v) is 3.85. The second-order valence-corrected chi connectivity index (χ2v) is 6.67. The average molecular weight is 360 g/mol. The van der Waals surface area contributed by atoms with E-state index in [1.54, 1.807) is 18.3 Å². The first kappa shape index (κ1) is 17.7. The number of fused-ring (bicyclic) bond motifs is 1. The van der Waals surface area contributed by atoms with Crippen LogP contribution in [0.5, 0.6) is 11.5 Å². The molecule has 1 aliphatic carbocycles. The van der Waals surface area contributed by atoms with E-state index in [1.807, 2.05) is 35.2 Å². The number of carbonyl (C=O) groups is 1. The van der Waals surface area contributed by atoms with Crippen molar-refractivity contribution in [3.05, 3.63) is 54.4 Å². The number of likely N-dealkylation sites (tertiary alicyclic amines) is 1. The molecule has 6 heteroatoms. The summed E-state index contributed by atoms with van der Waals surface area (Å²) in [5, 5.41) is 0. The standard InChI is InChI=1S/C19H21N3O2.ClH/c20-17-7-6-13-11-22(12-16(13)17)19(23)18-10-15(8-9-21-18)24-14-4-2-1-3-5-14;/h1-5,8-10,13,16-17H,6-7,11-12,20H2;1H. The van der Waals surface area contributed by atoms with Crippen LogP contribution in [0.2, 0.25) is 0 Å². The number of benzene rings is 1. The normalized spacial score (nSPS) is 24.5. The highest BCUT2D eigenvalue weighted by molar-refractivity contribution is 5.92. The van der Waals surface area contributed by atoms with Crippen molar-refractivity contribution in [3.63, 3.8) is 0 Å². The Morgan fingerprint density at radius 1 is 1.12 bits per heavy atom. The van der Waals surface area contributed by atoms with Crippen molar-refractivity contribution in [2.75, 3.05) is 13.1 Å². The van der Waals surface area contributed by atoms with E-state index < -0.39 is 0 Å². The minimum Gasteiger partial charge on any atom is -0.457 e. The number of halogens is 1. The number of para-hydroxylation sites is 1. The zero-order chi connectivity index (χ0) is 16.5. The van der Waals surface area contributed by atoms with Gasteiger partial charge in [0.05, 0.1) is 0 Å². The Hall–Kier alpha value is -2.11. The molecule has 1 aromatic heterocycles. The van der Waals surface area contributed by atoms with Crippen LogP contribution in [0.25, 0.3) is 0 Å². The molecule has 2 fully saturated rings. The van der Waals surface area contributed by atoms with Gasteiger partial charge in [-0.25, -0.2) is 0 Å². The zero-order valence-corrected chi connectivity index (χ0v) is 14.7. The lowest BCUT2D eigenvalue weighted by Crippen LogP contribution is -2.33. The molecular weight excluding hydrogens is 338 g/mol. The minimum atomic E-state index is -0.0323. The summed E-state index contributed by atoms with van der Waals surface area (Å²) in [7, 11) is 0. The monoisotopic (exact) mass is 359 g/mol. The third-order valence-corrected chi connectivity index (χ3v) is 5.13. The van der Waals surface area contributed by atoms with Gasteiger partial charge in [-0.1, -0.05) is 18.2 Å². The highest BCUT2D eigenvalue weighted by Crippen LogP contribution is 2.37. The van der Waals surface area contributed by atoms with Gasteiger partial charge in [0.1, 0.15) is 17.2 Å². The van der Waals surface area contributed by atoms with Crippen molar-refractivity contribution in [1.82, 2.24) is 9.88 Å². The molecule has 3 unspecified atom stereocenters. The number of hydrogen-bond acceptors (Lipinski definition) is 4. The van der Waals surface area contributed by atoms with E-state index in [2.05, 4.69) is 4.98 Å². The molecular formula is C19H22ClN3O2. The zero-order valence-electron chi connectivity index (χ0n) is 13.9. The molecule has 132 valence electrons. The summed E-state index contributed by atoms with van der Waals surface area (Å²) in [6, 6.07) is 13.2. The molecule has 3 atom stereocenters. The number of nitrogens with two attached hydrogens (primary N) is 1. The van der Waals surface area contributed by atoms with Crippen LogP contribution in [0, 0.1) is 11.8 Å². The Morgan fingerprint density at radius 2 is 1.92 bits per heavy atom. The molecule has 0 radical (unpaired) electrons. The van der Waals surface area contributed by atoms with Crippen LogP contribution in [0.1, 0.15) is 23.3 Å². The van der Waals surface area contributed by atoms with Crippen molar-refractivity contribution in [2.45, 2.75) is 18.9 Å². The minimum absolute atomic E-state index is 0. The van der Waals surface area contributed by atoms with Crippen molar-refractivity contribution in [2.24, 2.45) is 17.6 Å². The number of ether oxygens (including phenoxy) is 1. The van der Waals surface area contributed by atoms with E-state index >= 15 is 0 Å². The van der Waals surface area contributed by atoms with Gasteiger partial charge in [-0.05, 0) is 42.9 Å². The van der Waals surface area contributed by atoms with Crippen LogP contribution < -0.4 is 10.5 Å². The predicted molar refractivity (Wildman–Crippen MR) is 98.1 cm³/mol. The first-order valence-electron chi connectivity index (χ1n) is 8.44. The maximum atomic E-state index is 12.8. The second kappa shape index (κ2) is 7.42. The molecule has 2 aromatic rings. The topological polar surface area (TPSA) is 68.5 Å². The SMILES string of the molecule is Cl.NC1CCC2CN(C(=O)c3cc(Oc4ccccc4)ccn3)CC12. The third-order valence-electron chi connectivity index (χ3n) is 5.13. The Labute approximate surface area is 153 Å². The van der Waals surface area contributed by atoms with E-state index in [0.29, 0.717) is 23.3 Å². The largest absolute Gasteiger partial charge is 0.457 e. The highest BCUT2D eigenvalue weighted by Gasteiger charge is 2.42. The molecule has 1 saturated carbocycles. The molecule has 1 aromatic carbocycles. The van der Waals surface area contributed by atoms with Gasteiger partial charge in [0, 0.05) is 31.4 Å². The van der Waals surface area contributed by atoms with E-state index in [0.717, 1.165) is 31.7 Å². The summed E-state index contributed by atoms with van der Waals surface area (Å²) in [5.74, 6) is 2.32. The molecule has 5 nitrogen and oxygen atoms in total. The average Bonchev–Trinajstić information content (AvgIpc) is 3.18. The van der Waals surface area contributed by atoms with Crippen LogP contribution in [0.4, 0.5) is 0 Å². The van der Waals surface area contributed by atoms with E-state index in [4.69, 9.17) is 10.5 Å². The molecule has 2 N–H and O–H groups in total. The lowest BCUT2D eigenvalue weighted by atomic mass is 9.98. The van der Waals surface area contributed by atoms with Gasteiger partial charge < -0.3 is 15.4 Å². The maximum absolute atomic E-state index is 12.8. The lowest BCUT2D eigenvalue weighted by molar-refractivity contribution is 0.0773. The van der Waals surface area contributed by atoms with Gasteiger partial charge in [-0.3, -0.25) is 9.78 Å². The molecule has 1 amide bonds. The van der Waals surface area contributed by atoms with Crippen LogP contribution >= 0.6 is 12.4 Å². The molecule has 1 saturated heterocycles. The summed E-state index contributed by atoms with van der Waals surface area (Å²) in [6.45, 7) is 1.54. The van der Waals surface area contributed by atoms with Gasteiger partial charge in [-0.2, -0.15) is 0 Å². The smallest absolute Gasteiger partial charge is 0.272 e. The summed E-state index contributed by atoms with van der Waals surface area (Å²) >= 11 is 0. The number of nitrogens with zero attached hydrogens (tertiary/aromatic N) is 2. The van der Waals surface area contributed by atoms with Gasteiger partial charge in [-0.15, -0.1) is 12.4 Å². The van der Waals surface area contributed by atoms with Crippen molar-refractivity contribution in [3.8, 4) is 11.5 Å². The number of hydrogen-bond donors (Lipinski definition) is 1. The predicted octanol–water partition coefficient (Wildman–Crippen LogP) is 3.11. The number of rotatable bonds is 3. The quantitative estimate of drug-likeness (QED) is 0.914. The first-order chi connectivity index (χ1) is 11.7. The molecule has 2 aliphatic rings. The fraction of sp³-hybridized carbons (Fsp3) is 0.368. The van der Waals surface area contributed by atoms with E-state index in [9.17, 15) is 4.79 Å². The Bertz CT molecular complexity index is 740. The van der Waals surface area contributed by atoms with Crippen molar-refractivity contribution in [1.29, 1.82) is 0 Å². The Morgan fingerprint density at radius 3 is 2.68 bits per heavy atom. The van der Waals surface area contributed by atoms with Crippen LogP contribution in [-0.2, 0) is 0 Å². The first-order valence-corrected chi connectivity index (χ1v) is 8.44. The number of carbonyl (C=O) groups excluding carboxylic acids is 1. The second-order valence-electron chi connectivity index (χ2n) is 6.67. The van der Waals surface area contributed by atoms with E-state index in [-0.39, 0.29) is 24.4 Å². The van der Waals surface area contributed by atoms with Crippen molar-refractivity contribution < 1.29 is 9.53 Å². The van der Waals surface area contributed by atoms with Gasteiger partial charge in [0.15, 0.2) is 0 Å². The summed E-state index contributed by atoms with van der Waals surface area (Å²) < 4.78 is 5.79.